The largest absolute Gasteiger partial charge is 0.493 e. The number of halogens is 2. The molecule has 0 aliphatic rings. The summed E-state index contributed by atoms with van der Waals surface area (Å²) in [6.07, 6.45) is 0. The fourth-order valence-corrected chi connectivity index (χ4v) is 16.8. The summed E-state index contributed by atoms with van der Waals surface area (Å²) < 4.78 is 72.1. The maximum atomic E-state index is 14.0. The maximum absolute atomic E-state index is 14.0. The molecule has 13 nitrogen and oxygen atoms in total. The van der Waals surface area contributed by atoms with E-state index in [-0.39, 0.29) is 27.8 Å². The van der Waals surface area contributed by atoms with Crippen LogP contribution in [0.2, 0.25) is 5.02 Å². The first-order valence-corrected chi connectivity index (χ1v) is 48.7. The zero-order valence-corrected chi connectivity index (χ0v) is 88.6. The second-order valence-electron chi connectivity index (χ2n) is 32.8. The quantitative estimate of drug-likeness (QED) is 0.0296. The van der Waals surface area contributed by atoms with Gasteiger partial charge in [0.05, 0.1) is 22.8 Å². The smallest absolute Gasteiger partial charge is 0.190 e. The predicted molar refractivity (Wildman–Crippen MR) is 568 cm³/mol. The molecule has 708 valence electrons. The third-order valence-electron chi connectivity index (χ3n) is 21.8. The summed E-state index contributed by atoms with van der Waals surface area (Å²) in [4.78, 5) is 37.2. The van der Waals surface area contributed by atoms with Crippen molar-refractivity contribution in [2.24, 2.45) is 0 Å². The molecule has 12 aromatic carbocycles. The molecule has 12 rings (SSSR count). The van der Waals surface area contributed by atoms with Gasteiger partial charge < -0.3 is 47.4 Å². The molecule has 0 bridgehead atoms. The zero-order valence-electron chi connectivity index (χ0n) is 82.0. The van der Waals surface area contributed by atoms with Crippen LogP contribution in [-0.2, 0) is 59.8 Å². The van der Waals surface area contributed by atoms with Crippen molar-refractivity contribution >= 4 is 127 Å². The summed E-state index contributed by atoms with van der Waals surface area (Å²) in [6.45, 7) is 53.8. The SMILES string of the molecule is CC(=O)Sc1cccc(C)c1COc1cc(C)c(C)cc1C.CC(=O)Sc1cccc(CS)c1COc1cc(C)c(C)cc1C.CC(=S)Oc1cccc(Cl)c1COc1cc(C)c(C)cc1C.CC(=S)Oc1cccc(F)c1COc1cc(C)c(C)cc1C.CC(=S)Oc1ccccc1COc1cc(C)c(C)cc1C.CCOc1cccc(SC(C)=O)c1COc1cc(C)c(C)cc1C. The van der Waals surface area contributed by atoms with Gasteiger partial charge >= 0.3 is 0 Å². The van der Waals surface area contributed by atoms with Gasteiger partial charge in [0.25, 0.3) is 0 Å². The number of aryl methyl sites for hydroxylation is 19. The average molecular weight is 1960 g/mol. The van der Waals surface area contributed by atoms with E-state index in [1.165, 1.54) is 103 Å². The van der Waals surface area contributed by atoms with Crippen molar-refractivity contribution in [3.05, 3.63) is 344 Å². The van der Waals surface area contributed by atoms with Crippen LogP contribution in [0.4, 0.5) is 4.39 Å². The molecule has 0 aromatic heterocycles. The molecular weight excluding hydrogens is 1830 g/mol. The molecule has 0 radical (unpaired) electrons. The van der Waals surface area contributed by atoms with E-state index in [9.17, 15) is 18.8 Å². The number of thiol groups is 1. The molecule has 0 N–H and O–H groups in total. The molecule has 0 aliphatic heterocycles. The Morgan fingerprint density at radius 1 is 0.284 bits per heavy atom. The van der Waals surface area contributed by atoms with E-state index in [2.05, 4.69) is 183 Å². The van der Waals surface area contributed by atoms with Crippen molar-refractivity contribution in [2.75, 3.05) is 6.61 Å². The molecule has 0 heterocycles. The normalized spacial score (nSPS) is 10.5. The van der Waals surface area contributed by atoms with Crippen LogP contribution in [0.5, 0.6) is 57.5 Å². The van der Waals surface area contributed by atoms with E-state index < -0.39 is 0 Å². The van der Waals surface area contributed by atoms with Crippen LogP contribution in [0.3, 0.4) is 0 Å². The summed E-state index contributed by atoms with van der Waals surface area (Å²) >= 11 is 29.3. The van der Waals surface area contributed by atoms with E-state index in [4.69, 9.17) is 95.6 Å². The van der Waals surface area contributed by atoms with E-state index >= 15 is 0 Å². The number of rotatable bonds is 27. The van der Waals surface area contributed by atoms with Crippen molar-refractivity contribution in [3.63, 3.8) is 0 Å². The highest BCUT2D eigenvalue weighted by Gasteiger charge is 2.20. The first-order chi connectivity index (χ1) is 63.4. The number of ether oxygens (including phenoxy) is 10. The molecule has 0 aliphatic carbocycles. The Morgan fingerprint density at radius 3 is 0.940 bits per heavy atom. The third-order valence-corrected chi connectivity index (χ3v) is 25.4. The molecule has 0 amide bonds. The van der Waals surface area contributed by atoms with Crippen molar-refractivity contribution in [1.29, 1.82) is 0 Å². The number of hydrogen-bond acceptors (Lipinski definition) is 20. The van der Waals surface area contributed by atoms with Gasteiger partial charge in [-0.3, -0.25) is 14.4 Å². The Morgan fingerprint density at radius 2 is 0.560 bits per heavy atom. The van der Waals surface area contributed by atoms with Gasteiger partial charge in [-0.05, 0) is 377 Å². The molecule has 0 fully saturated rings. The minimum absolute atomic E-state index is 0.0484. The Bertz CT molecular complexity index is 5870. The number of thioether (sulfide) groups is 3. The van der Waals surface area contributed by atoms with Crippen LogP contribution in [0, 0.1) is 137 Å². The summed E-state index contributed by atoms with van der Waals surface area (Å²) in [7, 11) is 0. The van der Waals surface area contributed by atoms with Crippen LogP contribution < -0.4 is 47.4 Å². The van der Waals surface area contributed by atoms with Gasteiger partial charge in [0.15, 0.2) is 30.5 Å². The Labute approximate surface area is 833 Å². The highest BCUT2D eigenvalue weighted by Crippen LogP contribution is 2.38. The standard InChI is InChI=1S/C20H24O3S.C19H22O2S2.C19H22O2S.C18H19ClO2S.C18H19FO2S.C18H20O2S/c1-6-22-18-8-7-9-20(24-16(5)21)17(18)12-23-19-11-14(3)13(2)10-15(19)4;1-12-8-14(3)18(9-13(12)2)21-10-17-16(11-22)6-5-7-19(17)23-15(4)20;1-12-7-6-8-19(22-16(5)20)17(12)11-21-18-10-14(3)13(2)9-15(18)4;2*1-11-8-13(3)18(9-12(11)2)20-10-15-16(19)6-5-7-17(15)21-14(4)22;1-12-9-14(3)18(10-13(12)2)19-11-16-7-5-6-8-17(16)20-15(4)21/h7-11H,6,12H2,1-5H3;5-9,22H,10-11H2,1-4H3;6-10H,11H2,1-5H3;2*5-9H,10H2,1-4H3;5-10H,11H2,1-4H3. The summed E-state index contributed by atoms with van der Waals surface area (Å²) in [5.41, 5.74) is 28.8. The number of hydrogen-bond donors (Lipinski definition) is 1. The Balaban J connectivity index is 0.000000219. The molecule has 22 heteroatoms. The molecule has 0 saturated carbocycles. The lowest BCUT2D eigenvalue weighted by Gasteiger charge is -2.16. The predicted octanol–water partition coefficient (Wildman–Crippen LogP) is 31.2. The monoisotopic (exact) mass is 1960 g/mol. The molecule has 0 unspecified atom stereocenters. The maximum Gasteiger partial charge on any atom is 0.190 e. The zero-order chi connectivity index (χ0) is 98.9. The second-order valence-corrected chi connectivity index (χ2v) is 38.9. The molecule has 0 spiro atoms. The molecule has 0 saturated heterocycles. The van der Waals surface area contributed by atoms with E-state index in [1.807, 2.05) is 138 Å². The van der Waals surface area contributed by atoms with Crippen molar-refractivity contribution in [2.45, 2.75) is 240 Å². The lowest BCUT2D eigenvalue weighted by Crippen LogP contribution is -2.07. The van der Waals surface area contributed by atoms with Gasteiger partial charge in [-0.25, -0.2) is 4.39 Å². The highest BCUT2D eigenvalue weighted by atomic mass is 35.5. The highest BCUT2D eigenvalue weighted by molar-refractivity contribution is 8.14. The lowest BCUT2D eigenvalue weighted by molar-refractivity contribution is -0.109. The van der Waals surface area contributed by atoms with Gasteiger partial charge in [0, 0.05) is 84.2 Å². The van der Waals surface area contributed by atoms with Crippen molar-refractivity contribution < 1.29 is 66.1 Å². The number of thiocarbonyl (C=S) groups is 3. The minimum Gasteiger partial charge on any atom is -0.493 e. The third kappa shape index (κ3) is 34.7. The minimum atomic E-state index is -0.366. The second kappa shape index (κ2) is 54.3. The fraction of sp³-hybridized carbons (Fsp3) is 0.304. The summed E-state index contributed by atoms with van der Waals surface area (Å²) in [6, 6.07) is 60.7. The fourth-order valence-electron chi connectivity index (χ4n) is 13.7. The van der Waals surface area contributed by atoms with Gasteiger partial charge in [0.2, 0.25) is 0 Å². The van der Waals surface area contributed by atoms with E-state index in [0.717, 1.165) is 139 Å². The van der Waals surface area contributed by atoms with E-state index in [0.29, 0.717) is 82.6 Å². The van der Waals surface area contributed by atoms with Gasteiger partial charge in [-0.1, -0.05) is 144 Å². The van der Waals surface area contributed by atoms with Gasteiger partial charge in [-0.15, -0.1) is 0 Å². The number of benzene rings is 12. The summed E-state index contributed by atoms with van der Waals surface area (Å²) in [5.74, 6) is 7.99. The van der Waals surface area contributed by atoms with Crippen LogP contribution in [0.25, 0.3) is 0 Å². The van der Waals surface area contributed by atoms with Crippen LogP contribution >= 0.6 is 96.2 Å². The first kappa shape index (κ1) is 111. The van der Waals surface area contributed by atoms with Crippen LogP contribution in [-0.4, -0.2) is 37.1 Å². The molecule has 134 heavy (non-hydrogen) atoms. The topological polar surface area (TPSA) is 144 Å². The van der Waals surface area contributed by atoms with Crippen LogP contribution in [0.1, 0.15) is 193 Å². The number of carbonyl (C=O) groups is 3. The van der Waals surface area contributed by atoms with Crippen molar-refractivity contribution in [3.8, 4) is 57.5 Å². The Hall–Kier alpha value is -10.5. The molecule has 0 atom stereocenters. The first-order valence-electron chi connectivity index (χ1n) is 44.0. The number of para-hydroxylation sites is 1. The number of carbonyl (C=O) groups excluding carboxylic acids is 3. The van der Waals surface area contributed by atoms with Crippen molar-refractivity contribution in [1.82, 2.24) is 0 Å². The van der Waals surface area contributed by atoms with Crippen LogP contribution in [0.15, 0.2) is 203 Å². The lowest BCUT2D eigenvalue weighted by atomic mass is 10.1. The average Bonchev–Trinajstić information content (AvgIpc) is 0.833. The van der Waals surface area contributed by atoms with Gasteiger partial charge in [-0.2, -0.15) is 12.6 Å². The molecular formula is C112H126ClFO13S7. The summed E-state index contributed by atoms with van der Waals surface area (Å²) in [5, 5.41) is 2.12. The Kier molecular flexibility index (Phi) is 44.8. The van der Waals surface area contributed by atoms with E-state index in [1.54, 1.807) is 53.7 Å². The van der Waals surface area contributed by atoms with Gasteiger partial charge in [0.1, 0.15) is 103 Å². The molecule has 12 aromatic rings.